The van der Waals surface area contributed by atoms with Crippen molar-refractivity contribution >= 4 is 46.4 Å². The van der Waals surface area contributed by atoms with Crippen molar-refractivity contribution in [3.8, 4) is 11.5 Å². The van der Waals surface area contributed by atoms with Crippen LogP contribution in [0.4, 0.5) is 5.69 Å². The van der Waals surface area contributed by atoms with Crippen molar-refractivity contribution < 1.29 is 14.3 Å². The Bertz CT molecular complexity index is 690. The minimum atomic E-state index is -0.390. The summed E-state index contributed by atoms with van der Waals surface area (Å²) in [4.78, 5) is 16.2. The molecular weight excluding hydrogens is 363 g/mol. The van der Waals surface area contributed by atoms with Gasteiger partial charge < -0.3 is 14.8 Å². The SMILES string of the molecule is COc1ccc(C(=O)Nc2c(Cl)cncc2Cl)cc1OCCCl. The number of aromatic nitrogens is 1. The van der Waals surface area contributed by atoms with Crippen LogP contribution in [0.5, 0.6) is 11.5 Å². The van der Waals surface area contributed by atoms with Crippen molar-refractivity contribution in [1.82, 2.24) is 4.98 Å². The lowest BCUT2D eigenvalue weighted by molar-refractivity contribution is 0.102. The summed E-state index contributed by atoms with van der Waals surface area (Å²) in [7, 11) is 1.51. The zero-order chi connectivity index (χ0) is 16.8. The molecule has 0 unspecified atom stereocenters. The predicted octanol–water partition coefficient (Wildman–Crippen LogP) is 4.27. The van der Waals surface area contributed by atoms with E-state index in [-0.39, 0.29) is 10.0 Å². The number of anilines is 1. The zero-order valence-corrected chi connectivity index (χ0v) is 14.4. The van der Waals surface area contributed by atoms with Crippen LogP contribution in [0.25, 0.3) is 0 Å². The van der Waals surface area contributed by atoms with E-state index in [0.29, 0.717) is 35.2 Å². The molecule has 0 radical (unpaired) electrons. The lowest BCUT2D eigenvalue weighted by Gasteiger charge is -2.12. The average molecular weight is 376 g/mol. The monoisotopic (exact) mass is 374 g/mol. The fourth-order valence-electron chi connectivity index (χ4n) is 1.80. The highest BCUT2D eigenvalue weighted by molar-refractivity contribution is 6.39. The molecule has 0 fully saturated rings. The molecule has 2 aromatic rings. The third-order valence-corrected chi connectivity index (χ3v) is 3.58. The fraction of sp³-hybridized carbons (Fsp3) is 0.200. The number of rotatable bonds is 6. The molecule has 122 valence electrons. The lowest BCUT2D eigenvalue weighted by Crippen LogP contribution is -2.13. The molecule has 0 spiro atoms. The summed E-state index contributed by atoms with van der Waals surface area (Å²) in [6.45, 7) is 0.297. The van der Waals surface area contributed by atoms with Crippen LogP contribution in [-0.4, -0.2) is 30.5 Å². The van der Waals surface area contributed by atoms with E-state index < -0.39 is 5.91 Å². The van der Waals surface area contributed by atoms with Gasteiger partial charge in [0.2, 0.25) is 0 Å². The molecule has 0 aliphatic carbocycles. The van der Waals surface area contributed by atoms with Crippen LogP contribution in [0, 0.1) is 0 Å². The summed E-state index contributed by atoms with van der Waals surface area (Å²) >= 11 is 17.6. The van der Waals surface area contributed by atoms with Crippen molar-refractivity contribution in [2.24, 2.45) is 0 Å². The van der Waals surface area contributed by atoms with Gasteiger partial charge in [-0.05, 0) is 18.2 Å². The summed E-state index contributed by atoms with van der Waals surface area (Å²) in [5, 5.41) is 3.15. The van der Waals surface area contributed by atoms with Crippen LogP contribution >= 0.6 is 34.8 Å². The van der Waals surface area contributed by atoms with Gasteiger partial charge >= 0.3 is 0 Å². The molecule has 1 aromatic heterocycles. The van der Waals surface area contributed by atoms with Gasteiger partial charge in [-0.3, -0.25) is 9.78 Å². The predicted molar refractivity (Wildman–Crippen MR) is 91.4 cm³/mol. The molecule has 0 aliphatic heterocycles. The Morgan fingerprint density at radius 2 is 1.91 bits per heavy atom. The second-order valence-electron chi connectivity index (χ2n) is 4.34. The van der Waals surface area contributed by atoms with Gasteiger partial charge in [-0.2, -0.15) is 0 Å². The van der Waals surface area contributed by atoms with Crippen molar-refractivity contribution in [1.29, 1.82) is 0 Å². The largest absolute Gasteiger partial charge is 0.493 e. The van der Waals surface area contributed by atoms with Gasteiger partial charge in [0, 0.05) is 18.0 Å². The van der Waals surface area contributed by atoms with Crippen LogP contribution in [-0.2, 0) is 0 Å². The summed E-state index contributed by atoms with van der Waals surface area (Å²) < 4.78 is 10.6. The molecule has 0 atom stereocenters. The molecular formula is C15H13Cl3N2O3. The Balaban J connectivity index is 2.25. The Hall–Kier alpha value is -1.69. The number of hydrogen-bond acceptors (Lipinski definition) is 4. The van der Waals surface area contributed by atoms with E-state index in [2.05, 4.69) is 10.3 Å². The molecule has 5 nitrogen and oxygen atoms in total. The topological polar surface area (TPSA) is 60.5 Å². The average Bonchev–Trinajstić information content (AvgIpc) is 2.56. The lowest BCUT2D eigenvalue weighted by atomic mass is 10.2. The third-order valence-electron chi connectivity index (χ3n) is 2.85. The van der Waals surface area contributed by atoms with Crippen molar-refractivity contribution in [3.63, 3.8) is 0 Å². The van der Waals surface area contributed by atoms with E-state index in [1.165, 1.54) is 19.5 Å². The fourth-order valence-corrected chi connectivity index (χ4v) is 2.33. The molecule has 0 saturated carbocycles. The Labute approximate surface area is 148 Å². The molecule has 23 heavy (non-hydrogen) atoms. The number of ether oxygens (including phenoxy) is 2. The van der Waals surface area contributed by atoms with Crippen LogP contribution in [0.1, 0.15) is 10.4 Å². The first-order chi connectivity index (χ1) is 11.1. The van der Waals surface area contributed by atoms with Gasteiger partial charge in [0.15, 0.2) is 11.5 Å². The highest BCUT2D eigenvalue weighted by Gasteiger charge is 2.14. The highest BCUT2D eigenvalue weighted by atomic mass is 35.5. The number of nitrogens with zero attached hydrogens (tertiary/aromatic N) is 1. The van der Waals surface area contributed by atoms with Gasteiger partial charge in [0.25, 0.3) is 5.91 Å². The van der Waals surface area contributed by atoms with Crippen LogP contribution < -0.4 is 14.8 Å². The van der Waals surface area contributed by atoms with E-state index in [4.69, 9.17) is 44.3 Å². The summed E-state index contributed by atoms with van der Waals surface area (Å²) in [5.74, 6) is 0.861. The molecule has 0 saturated heterocycles. The van der Waals surface area contributed by atoms with E-state index in [9.17, 15) is 4.79 Å². The highest BCUT2D eigenvalue weighted by Crippen LogP contribution is 2.31. The van der Waals surface area contributed by atoms with Gasteiger partial charge in [0.1, 0.15) is 6.61 Å². The van der Waals surface area contributed by atoms with E-state index >= 15 is 0 Å². The Kier molecular flexibility index (Phi) is 6.33. The van der Waals surface area contributed by atoms with Crippen molar-refractivity contribution in [2.75, 3.05) is 24.9 Å². The third kappa shape index (κ3) is 4.41. The van der Waals surface area contributed by atoms with E-state index in [0.717, 1.165) is 0 Å². The van der Waals surface area contributed by atoms with Crippen LogP contribution in [0.15, 0.2) is 30.6 Å². The summed E-state index contributed by atoms with van der Waals surface area (Å²) in [5.41, 5.74) is 0.659. The van der Waals surface area contributed by atoms with Gasteiger partial charge in [-0.15, -0.1) is 11.6 Å². The molecule has 2 rings (SSSR count). The second kappa shape index (κ2) is 8.24. The van der Waals surface area contributed by atoms with Crippen LogP contribution in [0.2, 0.25) is 10.0 Å². The minimum absolute atomic E-state index is 0.248. The smallest absolute Gasteiger partial charge is 0.255 e. The van der Waals surface area contributed by atoms with Gasteiger partial charge in [-0.1, -0.05) is 23.2 Å². The van der Waals surface area contributed by atoms with Crippen LogP contribution in [0.3, 0.4) is 0 Å². The summed E-state index contributed by atoms with van der Waals surface area (Å²) in [6, 6.07) is 4.79. The van der Waals surface area contributed by atoms with Gasteiger partial charge in [-0.25, -0.2) is 0 Å². The number of carbonyl (C=O) groups excluding carboxylic acids is 1. The second-order valence-corrected chi connectivity index (χ2v) is 5.53. The standard InChI is InChI=1S/C15H13Cl3N2O3/c1-22-12-3-2-9(6-13(12)23-5-4-16)15(21)20-14-10(17)7-19-8-11(14)18/h2-3,6-8H,4-5H2,1H3,(H,19,20,21). The molecule has 1 amide bonds. The summed E-state index contributed by atoms with van der Waals surface area (Å²) in [6.07, 6.45) is 2.79. The number of pyridine rings is 1. The van der Waals surface area contributed by atoms with E-state index in [1.807, 2.05) is 0 Å². The van der Waals surface area contributed by atoms with E-state index in [1.54, 1.807) is 18.2 Å². The number of methoxy groups -OCH3 is 1. The maximum atomic E-state index is 12.4. The molecule has 0 bridgehead atoms. The number of hydrogen-bond donors (Lipinski definition) is 1. The Morgan fingerprint density at radius 1 is 1.22 bits per heavy atom. The number of amides is 1. The quantitative estimate of drug-likeness (QED) is 0.766. The first kappa shape index (κ1) is 17.7. The Morgan fingerprint density at radius 3 is 2.52 bits per heavy atom. The maximum absolute atomic E-state index is 12.4. The van der Waals surface area contributed by atoms with Crippen molar-refractivity contribution in [3.05, 3.63) is 46.2 Å². The number of halogens is 3. The molecule has 1 heterocycles. The molecule has 1 N–H and O–H groups in total. The number of nitrogens with one attached hydrogen (secondary N) is 1. The number of benzene rings is 1. The number of alkyl halides is 1. The van der Waals surface area contributed by atoms with Gasteiger partial charge in [0.05, 0.1) is 28.7 Å². The first-order valence-electron chi connectivity index (χ1n) is 6.54. The number of carbonyl (C=O) groups is 1. The molecule has 0 aliphatic rings. The zero-order valence-electron chi connectivity index (χ0n) is 12.1. The first-order valence-corrected chi connectivity index (χ1v) is 7.83. The van der Waals surface area contributed by atoms with Crippen molar-refractivity contribution in [2.45, 2.75) is 0 Å². The molecule has 8 heteroatoms. The minimum Gasteiger partial charge on any atom is -0.493 e. The molecule has 1 aromatic carbocycles. The maximum Gasteiger partial charge on any atom is 0.255 e. The normalized spacial score (nSPS) is 10.3.